The Balaban J connectivity index is 1.62. The molecular formula is C17H22N4O2S2. The van der Waals surface area contributed by atoms with Gasteiger partial charge in [0.05, 0.1) is 18.9 Å². The maximum absolute atomic E-state index is 12.2. The zero-order valence-electron chi connectivity index (χ0n) is 14.2. The maximum atomic E-state index is 12.2. The van der Waals surface area contributed by atoms with E-state index >= 15 is 0 Å². The van der Waals surface area contributed by atoms with Gasteiger partial charge in [0.1, 0.15) is 11.3 Å². The highest BCUT2D eigenvalue weighted by Crippen LogP contribution is 2.31. The van der Waals surface area contributed by atoms with Crippen molar-refractivity contribution in [2.45, 2.75) is 23.2 Å². The lowest BCUT2D eigenvalue weighted by Gasteiger charge is -2.29. The van der Waals surface area contributed by atoms with Gasteiger partial charge in [-0.2, -0.15) is 0 Å². The first-order valence-corrected chi connectivity index (χ1v) is 10.2. The average Bonchev–Trinajstić information content (AvgIpc) is 3.34. The Morgan fingerprint density at radius 3 is 2.92 bits per heavy atom. The Morgan fingerprint density at radius 2 is 2.20 bits per heavy atom. The number of methoxy groups -OCH3 is 1. The number of para-hydroxylation sites is 1. The Labute approximate surface area is 156 Å². The van der Waals surface area contributed by atoms with Crippen LogP contribution in [0, 0.1) is 0 Å². The summed E-state index contributed by atoms with van der Waals surface area (Å²) >= 11 is 2.86. The highest BCUT2D eigenvalue weighted by molar-refractivity contribution is 8.01. The number of aromatic nitrogens is 2. The second-order valence-corrected chi connectivity index (χ2v) is 7.85. The van der Waals surface area contributed by atoms with Crippen LogP contribution in [-0.4, -0.2) is 53.5 Å². The van der Waals surface area contributed by atoms with Crippen molar-refractivity contribution in [2.75, 3.05) is 32.5 Å². The van der Waals surface area contributed by atoms with Gasteiger partial charge in [-0.15, -0.1) is 10.2 Å². The molecule has 1 aromatic carbocycles. The van der Waals surface area contributed by atoms with Gasteiger partial charge >= 0.3 is 0 Å². The van der Waals surface area contributed by atoms with Gasteiger partial charge in [-0.05, 0) is 32.0 Å². The van der Waals surface area contributed by atoms with Crippen molar-refractivity contribution < 1.29 is 9.53 Å². The number of ether oxygens (including phenoxy) is 1. The molecule has 1 atom stereocenters. The van der Waals surface area contributed by atoms with E-state index in [1.807, 2.05) is 18.2 Å². The van der Waals surface area contributed by atoms with Crippen LogP contribution in [0.4, 0.5) is 0 Å². The molecular weight excluding hydrogens is 356 g/mol. The van der Waals surface area contributed by atoms with Gasteiger partial charge in [0.2, 0.25) is 5.91 Å². The highest BCUT2D eigenvalue weighted by atomic mass is 32.2. The lowest BCUT2D eigenvalue weighted by molar-refractivity contribution is -0.118. The third-order valence-electron chi connectivity index (χ3n) is 4.24. The predicted molar refractivity (Wildman–Crippen MR) is 100 cm³/mol. The minimum absolute atomic E-state index is 0.0132. The molecule has 1 N–H and O–H groups in total. The second kappa shape index (κ2) is 9.17. The fraction of sp³-hybridized carbons (Fsp3) is 0.471. The Hall–Kier alpha value is -1.64. The fourth-order valence-electron chi connectivity index (χ4n) is 3.05. The molecule has 0 saturated carbocycles. The average molecular weight is 379 g/mol. The normalized spacial score (nSPS) is 15.9. The van der Waals surface area contributed by atoms with Gasteiger partial charge in [-0.25, -0.2) is 0 Å². The predicted octanol–water partition coefficient (Wildman–Crippen LogP) is 2.59. The van der Waals surface area contributed by atoms with E-state index in [0.717, 1.165) is 28.7 Å². The summed E-state index contributed by atoms with van der Waals surface area (Å²) in [7, 11) is 1.69. The van der Waals surface area contributed by atoms with Crippen LogP contribution < -0.4 is 10.1 Å². The van der Waals surface area contributed by atoms with Crippen molar-refractivity contribution in [1.82, 2.24) is 20.4 Å². The molecule has 1 fully saturated rings. The number of rotatable bonds is 8. The van der Waals surface area contributed by atoms with Gasteiger partial charge in [-0.3, -0.25) is 9.69 Å². The molecule has 1 aliphatic rings. The van der Waals surface area contributed by atoms with Gasteiger partial charge in [0.15, 0.2) is 4.34 Å². The van der Waals surface area contributed by atoms with Gasteiger partial charge in [0.25, 0.3) is 0 Å². The molecule has 8 heteroatoms. The zero-order valence-corrected chi connectivity index (χ0v) is 15.8. The molecule has 2 heterocycles. The number of benzene rings is 1. The van der Waals surface area contributed by atoms with Crippen LogP contribution in [0.1, 0.15) is 24.4 Å². The standard InChI is InChI=1S/C17H22N4O2S2/c1-23-15-7-3-2-6-13(15)14(21-8-4-5-9-21)10-18-16(22)11-24-17-20-19-12-25-17/h2-3,6-7,12,14H,4-5,8-11H2,1H3,(H,18,22). The first-order valence-electron chi connectivity index (χ1n) is 8.30. The summed E-state index contributed by atoms with van der Waals surface area (Å²) < 4.78 is 6.35. The molecule has 1 unspecified atom stereocenters. The SMILES string of the molecule is COc1ccccc1C(CNC(=O)CSc1nncs1)N1CCCC1. The lowest BCUT2D eigenvalue weighted by Crippen LogP contribution is -2.37. The smallest absolute Gasteiger partial charge is 0.230 e. The van der Waals surface area contributed by atoms with Crippen molar-refractivity contribution in [1.29, 1.82) is 0 Å². The van der Waals surface area contributed by atoms with Crippen LogP contribution in [-0.2, 0) is 4.79 Å². The third kappa shape index (κ3) is 4.93. The highest BCUT2D eigenvalue weighted by Gasteiger charge is 2.26. The Kier molecular flexibility index (Phi) is 6.66. The molecule has 0 bridgehead atoms. The molecule has 0 aliphatic carbocycles. The van der Waals surface area contributed by atoms with Crippen LogP contribution >= 0.6 is 23.1 Å². The zero-order chi connectivity index (χ0) is 17.5. The number of thioether (sulfide) groups is 1. The van der Waals surface area contributed by atoms with Crippen molar-refractivity contribution in [3.63, 3.8) is 0 Å². The molecule has 134 valence electrons. The van der Waals surface area contributed by atoms with Crippen LogP contribution in [0.5, 0.6) is 5.75 Å². The summed E-state index contributed by atoms with van der Waals surface area (Å²) in [5.41, 5.74) is 2.80. The summed E-state index contributed by atoms with van der Waals surface area (Å²) in [4.78, 5) is 14.6. The molecule has 1 amide bonds. The van der Waals surface area contributed by atoms with E-state index in [-0.39, 0.29) is 11.9 Å². The summed E-state index contributed by atoms with van der Waals surface area (Å²) in [6.07, 6.45) is 2.40. The van der Waals surface area contributed by atoms with Gasteiger partial charge < -0.3 is 10.1 Å². The number of hydrogen-bond donors (Lipinski definition) is 1. The molecule has 2 aromatic rings. The number of likely N-dealkylation sites (tertiary alicyclic amines) is 1. The van der Waals surface area contributed by atoms with Crippen LogP contribution in [0.2, 0.25) is 0 Å². The first kappa shape index (κ1) is 18.2. The van der Waals surface area contributed by atoms with Crippen molar-refractivity contribution in [2.24, 2.45) is 0 Å². The molecule has 25 heavy (non-hydrogen) atoms. The minimum atomic E-state index is 0.0132. The largest absolute Gasteiger partial charge is 0.496 e. The molecule has 0 spiro atoms. The number of nitrogens with one attached hydrogen (secondary N) is 1. The minimum Gasteiger partial charge on any atom is -0.496 e. The van der Waals surface area contributed by atoms with Gasteiger partial charge in [0, 0.05) is 12.1 Å². The van der Waals surface area contributed by atoms with Crippen LogP contribution in [0.25, 0.3) is 0 Å². The van der Waals surface area contributed by atoms with Crippen molar-refractivity contribution in [3.05, 3.63) is 35.3 Å². The van der Waals surface area contributed by atoms with Gasteiger partial charge in [-0.1, -0.05) is 41.3 Å². The monoisotopic (exact) mass is 378 g/mol. The molecule has 1 saturated heterocycles. The summed E-state index contributed by atoms with van der Waals surface area (Å²) in [6.45, 7) is 2.69. The Morgan fingerprint density at radius 1 is 1.40 bits per heavy atom. The van der Waals surface area contributed by atoms with E-state index < -0.39 is 0 Å². The number of carbonyl (C=O) groups excluding carboxylic acids is 1. The summed E-state index contributed by atoms with van der Waals surface area (Å²) in [5, 5.41) is 10.8. The van der Waals surface area contributed by atoms with E-state index in [1.165, 1.54) is 35.9 Å². The summed E-state index contributed by atoms with van der Waals surface area (Å²) in [6, 6.07) is 8.19. The molecule has 0 radical (unpaired) electrons. The molecule has 1 aliphatic heterocycles. The van der Waals surface area contributed by atoms with E-state index in [4.69, 9.17) is 4.74 Å². The lowest BCUT2D eigenvalue weighted by atomic mass is 10.0. The van der Waals surface area contributed by atoms with E-state index in [0.29, 0.717) is 12.3 Å². The second-order valence-electron chi connectivity index (χ2n) is 5.80. The van der Waals surface area contributed by atoms with E-state index in [2.05, 4.69) is 26.5 Å². The molecule has 1 aromatic heterocycles. The third-order valence-corrected chi connectivity index (χ3v) is 6.10. The molecule has 6 nitrogen and oxygen atoms in total. The number of nitrogens with zero attached hydrogens (tertiary/aromatic N) is 3. The quantitative estimate of drug-likeness (QED) is 0.712. The molecule has 3 rings (SSSR count). The topological polar surface area (TPSA) is 67.3 Å². The van der Waals surface area contributed by atoms with E-state index in [9.17, 15) is 4.79 Å². The van der Waals surface area contributed by atoms with Crippen LogP contribution in [0.3, 0.4) is 0 Å². The van der Waals surface area contributed by atoms with Crippen LogP contribution in [0.15, 0.2) is 34.1 Å². The summed E-state index contributed by atoms with van der Waals surface area (Å²) in [5.74, 6) is 1.24. The maximum Gasteiger partial charge on any atom is 0.230 e. The Bertz CT molecular complexity index is 675. The number of carbonyl (C=O) groups is 1. The number of amides is 1. The fourth-order valence-corrected chi connectivity index (χ4v) is 4.36. The van der Waals surface area contributed by atoms with Crippen molar-refractivity contribution in [3.8, 4) is 5.75 Å². The van der Waals surface area contributed by atoms with Crippen molar-refractivity contribution >= 4 is 29.0 Å². The van der Waals surface area contributed by atoms with E-state index in [1.54, 1.807) is 12.6 Å². The first-order chi connectivity index (χ1) is 12.3. The number of hydrogen-bond acceptors (Lipinski definition) is 7.